The Kier molecular flexibility index (Phi) is 5.42. The molecule has 1 aromatic carbocycles. The van der Waals surface area contributed by atoms with E-state index in [1.165, 1.54) is 6.07 Å². The fourth-order valence-corrected chi connectivity index (χ4v) is 1.56. The van der Waals surface area contributed by atoms with Crippen LogP contribution in [0.3, 0.4) is 0 Å². The van der Waals surface area contributed by atoms with Crippen molar-refractivity contribution in [2.75, 3.05) is 13.2 Å². The van der Waals surface area contributed by atoms with Crippen LogP contribution in [-0.2, 0) is 12.7 Å². The summed E-state index contributed by atoms with van der Waals surface area (Å²) in [5.74, 6) is -0.258. The van der Waals surface area contributed by atoms with Crippen molar-refractivity contribution in [1.29, 1.82) is 0 Å². The summed E-state index contributed by atoms with van der Waals surface area (Å²) in [7, 11) is 0. The molecule has 0 spiro atoms. The average Bonchev–Trinajstić information content (AvgIpc) is 2.32. The first-order valence-electron chi connectivity index (χ1n) is 6.32. The Labute approximate surface area is 116 Å². The molecule has 2 N–H and O–H groups in total. The summed E-state index contributed by atoms with van der Waals surface area (Å²) in [6, 6.07) is 3.95. The molecule has 1 aromatic rings. The standard InChI is InChI=1S/C14H20F3NO2/c1-13(2,3)18-9-10-4-5-12(20-7-6-19)11(8-10)14(15,16)17/h4-5,8,18-19H,6-7,9H2,1-3H3. The van der Waals surface area contributed by atoms with Gasteiger partial charge in [0, 0.05) is 12.1 Å². The van der Waals surface area contributed by atoms with Crippen LogP contribution in [0, 0.1) is 0 Å². The van der Waals surface area contributed by atoms with E-state index < -0.39 is 11.7 Å². The Morgan fingerprint density at radius 2 is 1.85 bits per heavy atom. The number of halogens is 3. The molecule has 114 valence electrons. The lowest BCUT2D eigenvalue weighted by Gasteiger charge is -2.21. The molecule has 0 atom stereocenters. The quantitative estimate of drug-likeness (QED) is 0.876. The lowest BCUT2D eigenvalue weighted by atomic mass is 10.1. The molecule has 0 bridgehead atoms. The van der Waals surface area contributed by atoms with Crippen molar-refractivity contribution in [3.05, 3.63) is 29.3 Å². The summed E-state index contributed by atoms with van der Waals surface area (Å²) in [6.07, 6.45) is -4.48. The molecular weight excluding hydrogens is 271 g/mol. The number of hydrogen-bond acceptors (Lipinski definition) is 3. The topological polar surface area (TPSA) is 41.5 Å². The number of ether oxygens (including phenoxy) is 1. The number of aliphatic hydroxyl groups is 1. The molecular formula is C14H20F3NO2. The van der Waals surface area contributed by atoms with Gasteiger partial charge in [0.2, 0.25) is 0 Å². The van der Waals surface area contributed by atoms with Crippen LogP contribution in [0.15, 0.2) is 18.2 Å². The summed E-state index contributed by atoms with van der Waals surface area (Å²) in [5, 5.41) is 11.8. The molecule has 0 saturated heterocycles. The maximum Gasteiger partial charge on any atom is 0.419 e. The molecule has 0 fully saturated rings. The minimum atomic E-state index is -4.48. The van der Waals surface area contributed by atoms with Crippen molar-refractivity contribution in [1.82, 2.24) is 5.32 Å². The highest BCUT2D eigenvalue weighted by Crippen LogP contribution is 2.36. The number of benzene rings is 1. The average molecular weight is 291 g/mol. The van der Waals surface area contributed by atoms with Gasteiger partial charge in [-0.15, -0.1) is 0 Å². The highest BCUT2D eigenvalue weighted by atomic mass is 19.4. The minimum absolute atomic E-state index is 0.164. The van der Waals surface area contributed by atoms with Crippen LogP contribution < -0.4 is 10.1 Å². The van der Waals surface area contributed by atoms with Crippen molar-refractivity contribution in [2.45, 2.75) is 39.0 Å². The van der Waals surface area contributed by atoms with E-state index in [0.717, 1.165) is 6.07 Å². The number of alkyl halides is 3. The monoisotopic (exact) mass is 291 g/mol. The molecule has 3 nitrogen and oxygen atoms in total. The second-order valence-corrected chi connectivity index (χ2v) is 5.50. The van der Waals surface area contributed by atoms with E-state index in [0.29, 0.717) is 12.1 Å². The molecule has 20 heavy (non-hydrogen) atoms. The molecule has 1 rings (SSSR count). The fraction of sp³-hybridized carbons (Fsp3) is 0.571. The molecule has 0 saturated carbocycles. The van der Waals surface area contributed by atoms with Crippen LogP contribution in [0.5, 0.6) is 5.75 Å². The zero-order chi connectivity index (χ0) is 15.4. The normalized spacial score (nSPS) is 12.6. The zero-order valence-electron chi connectivity index (χ0n) is 11.8. The van der Waals surface area contributed by atoms with E-state index in [1.54, 1.807) is 6.07 Å². The van der Waals surface area contributed by atoms with E-state index in [-0.39, 0.29) is 24.5 Å². The number of nitrogens with one attached hydrogen (secondary N) is 1. The predicted molar refractivity (Wildman–Crippen MR) is 70.6 cm³/mol. The first-order chi connectivity index (χ1) is 9.13. The van der Waals surface area contributed by atoms with Crippen LogP contribution >= 0.6 is 0 Å². The molecule has 0 amide bonds. The molecule has 0 aliphatic carbocycles. The molecule has 0 aliphatic rings. The van der Waals surface area contributed by atoms with Gasteiger partial charge in [0.25, 0.3) is 0 Å². The second-order valence-electron chi connectivity index (χ2n) is 5.50. The SMILES string of the molecule is CC(C)(C)NCc1ccc(OCCO)c(C(F)(F)F)c1. The van der Waals surface area contributed by atoms with Gasteiger partial charge in [0.05, 0.1) is 12.2 Å². The van der Waals surface area contributed by atoms with E-state index in [1.807, 2.05) is 20.8 Å². The Balaban J connectivity index is 2.96. The van der Waals surface area contributed by atoms with Crippen molar-refractivity contribution >= 4 is 0 Å². The molecule has 6 heteroatoms. The van der Waals surface area contributed by atoms with E-state index >= 15 is 0 Å². The van der Waals surface area contributed by atoms with Crippen LogP contribution in [0.1, 0.15) is 31.9 Å². The van der Waals surface area contributed by atoms with Crippen LogP contribution in [0.2, 0.25) is 0 Å². The third-order valence-corrected chi connectivity index (χ3v) is 2.52. The Morgan fingerprint density at radius 1 is 1.20 bits per heavy atom. The van der Waals surface area contributed by atoms with Gasteiger partial charge in [0.15, 0.2) is 0 Å². The van der Waals surface area contributed by atoms with Crippen molar-refractivity contribution in [3.63, 3.8) is 0 Å². The third-order valence-electron chi connectivity index (χ3n) is 2.52. The summed E-state index contributed by atoms with van der Waals surface area (Å²) in [6.45, 7) is 5.67. The summed E-state index contributed by atoms with van der Waals surface area (Å²) in [5.41, 5.74) is -0.465. The molecule has 0 unspecified atom stereocenters. The minimum Gasteiger partial charge on any atom is -0.491 e. The van der Waals surface area contributed by atoms with Gasteiger partial charge in [-0.05, 0) is 38.5 Å². The number of rotatable bonds is 5. The van der Waals surface area contributed by atoms with Crippen LogP contribution in [0.25, 0.3) is 0 Å². The summed E-state index contributed by atoms with van der Waals surface area (Å²) >= 11 is 0. The Hall–Kier alpha value is -1.27. The first-order valence-corrected chi connectivity index (χ1v) is 6.32. The van der Waals surface area contributed by atoms with E-state index in [9.17, 15) is 13.2 Å². The van der Waals surface area contributed by atoms with Gasteiger partial charge >= 0.3 is 6.18 Å². The summed E-state index contributed by atoms with van der Waals surface area (Å²) in [4.78, 5) is 0. The van der Waals surface area contributed by atoms with Gasteiger partial charge in [-0.25, -0.2) is 0 Å². The highest BCUT2D eigenvalue weighted by Gasteiger charge is 2.34. The molecule has 0 radical (unpaired) electrons. The molecule has 0 heterocycles. The van der Waals surface area contributed by atoms with Crippen molar-refractivity contribution < 1.29 is 23.0 Å². The van der Waals surface area contributed by atoms with E-state index in [4.69, 9.17) is 9.84 Å². The van der Waals surface area contributed by atoms with Gasteiger partial charge in [-0.2, -0.15) is 13.2 Å². The van der Waals surface area contributed by atoms with Gasteiger partial charge in [-0.3, -0.25) is 0 Å². The lowest BCUT2D eigenvalue weighted by Crippen LogP contribution is -2.35. The fourth-order valence-electron chi connectivity index (χ4n) is 1.56. The number of hydrogen-bond donors (Lipinski definition) is 2. The first kappa shape index (κ1) is 16.8. The van der Waals surface area contributed by atoms with Gasteiger partial charge in [-0.1, -0.05) is 6.07 Å². The van der Waals surface area contributed by atoms with Crippen molar-refractivity contribution in [2.24, 2.45) is 0 Å². The van der Waals surface area contributed by atoms with Crippen LogP contribution in [-0.4, -0.2) is 23.9 Å². The van der Waals surface area contributed by atoms with Gasteiger partial charge in [0.1, 0.15) is 12.4 Å². The van der Waals surface area contributed by atoms with Gasteiger partial charge < -0.3 is 15.2 Å². The number of aliphatic hydroxyl groups excluding tert-OH is 1. The highest BCUT2D eigenvalue weighted by molar-refractivity contribution is 5.39. The molecule has 0 aromatic heterocycles. The van der Waals surface area contributed by atoms with Crippen LogP contribution in [0.4, 0.5) is 13.2 Å². The molecule has 0 aliphatic heterocycles. The third kappa shape index (κ3) is 5.38. The van der Waals surface area contributed by atoms with Crippen molar-refractivity contribution in [3.8, 4) is 5.75 Å². The summed E-state index contributed by atoms with van der Waals surface area (Å²) < 4.78 is 43.8. The Bertz CT molecular complexity index is 439. The largest absolute Gasteiger partial charge is 0.491 e. The zero-order valence-corrected chi connectivity index (χ0v) is 11.8. The maximum atomic E-state index is 13.0. The lowest BCUT2D eigenvalue weighted by molar-refractivity contribution is -0.139. The predicted octanol–water partition coefficient (Wildman–Crippen LogP) is 2.96. The Morgan fingerprint density at radius 3 is 2.35 bits per heavy atom. The second kappa shape index (κ2) is 6.45. The smallest absolute Gasteiger partial charge is 0.419 e. The van der Waals surface area contributed by atoms with E-state index in [2.05, 4.69) is 5.32 Å². The maximum absolute atomic E-state index is 13.0.